The number of aliphatic carboxylic acids is 1. The number of benzene rings is 1. The Morgan fingerprint density at radius 3 is 2.35 bits per heavy atom. The molecule has 0 aliphatic heterocycles. The second-order valence-electron chi connectivity index (χ2n) is 5.12. The van der Waals surface area contributed by atoms with Crippen molar-refractivity contribution in [2.75, 3.05) is 6.54 Å². The largest absolute Gasteiger partial charge is 0.480 e. The Morgan fingerprint density at radius 2 is 1.85 bits per heavy atom. The summed E-state index contributed by atoms with van der Waals surface area (Å²) >= 11 is 0. The Balaban J connectivity index is 2.50. The maximum Gasteiger partial charge on any atom is 0.323 e. The number of carboxylic acid groups (broad SMARTS) is 1. The van der Waals surface area contributed by atoms with Gasteiger partial charge >= 0.3 is 5.97 Å². The lowest BCUT2D eigenvalue weighted by atomic mass is 10.1. The number of hydrogen-bond donors (Lipinski definition) is 3. The zero-order valence-corrected chi connectivity index (χ0v) is 11.7. The van der Waals surface area contributed by atoms with Gasteiger partial charge in [0.05, 0.1) is 12.6 Å². The van der Waals surface area contributed by atoms with Gasteiger partial charge in [-0.2, -0.15) is 0 Å². The van der Waals surface area contributed by atoms with Crippen molar-refractivity contribution in [1.29, 1.82) is 0 Å². The van der Waals surface area contributed by atoms with Crippen molar-refractivity contribution in [1.82, 2.24) is 10.6 Å². The highest BCUT2D eigenvalue weighted by atomic mass is 19.1. The van der Waals surface area contributed by atoms with Gasteiger partial charge in [0.2, 0.25) is 5.91 Å². The molecule has 3 N–H and O–H groups in total. The number of halogens is 1. The van der Waals surface area contributed by atoms with E-state index >= 15 is 0 Å². The molecular formula is C14H19FN2O3. The standard InChI is InChI=1S/C14H19FN2O3/c1-9(10-4-6-11(15)7-5-10)17-12(18)8-16-14(2,3)13(19)20/h4-7,9,16H,8H2,1-3H3,(H,17,18)(H,19,20). The van der Waals surface area contributed by atoms with E-state index < -0.39 is 11.5 Å². The van der Waals surface area contributed by atoms with E-state index in [1.165, 1.54) is 26.0 Å². The topological polar surface area (TPSA) is 78.4 Å². The van der Waals surface area contributed by atoms with E-state index in [-0.39, 0.29) is 24.3 Å². The lowest BCUT2D eigenvalue weighted by Gasteiger charge is -2.21. The van der Waals surface area contributed by atoms with E-state index in [2.05, 4.69) is 10.6 Å². The third-order valence-electron chi connectivity index (χ3n) is 2.97. The molecule has 0 bridgehead atoms. The van der Waals surface area contributed by atoms with Crippen LogP contribution in [0, 0.1) is 5.82 Å². The van der Waals surface area contributed by atoms with Gasteiger partial charge in [-0.3, -0.25) is 14.9 Å². The molecule has 1 atom stereocenters. The molecule has 20 heavy (non-hydrogen) atoms. The van der Waals surface area contributed by atoms with Crippen molar-refractivity contribution in [3.63, 3.8) is 0 Å². The Labute approximate surface area is 117 Å². The van der Waals surface area contributed by atoms with Crippen molar-refractivity contribution in [3.05, 3.63) is 35.6 Å². The van der Waals surface area contributed by atoms with Crippen LogP contribution in [0.4, 0.5) is 4.39 Å². The molecule has 1 amide bonds. The van der Waals surface area contributed by atoms with Gasteiger partial charge < -0.3 is 10.4 Å². The zero-order valence-electron chi connectivity index (χ0n) is 11.7. The summed E-state index contributed by atoms with van der Waals surface area (Å²) in [4.78, 5) is 22.6. The highest BCUT2D eigenvalue weighted by Crippen LogP contribution is 2.12. The van der Waals surface area contributed by atoms with Gasteiger partial charge in [0.15, 0.2) is 0 Å². The van der Waals surface area contributed by atoms with E-state index in [4.69, 9.17) is 5.11 Å². The summed E-state index contributed by atoms with van der Waals surface area (Å²) in [6, 6.07) is 5.55. The normalized spacial score (nSPS) is 12.8. The first kappa shape index (κ1) is 16.1. The van der Waals surface area contributed by atoms with Crippen LogP contribution in [-0.4, -0.2) is 29.1 Å². The molecule has 1 rings (SSSR count). The predicted octanol–water partition coefficient (Wildman–Crippen LogP) is 1.46. The summed E-state index contributed by atoms with van der Waals surface area (Å²) in [7, 11) is 0. The number of amides is 1. The molecule has 1 aromatic rings. The summed E-state index contributed by atoms with van der Waals surface area (Å²) in [6.45, 7) is 4.62. The maximum atomic E-state index is 12.8. The fourth-order valence-corrected chi connectivity index (χ4v) is 1.50. The minimum Gasteiger partial charge on any atom is -0.480 e. The Bertz CT molecular complexity index is 486. The molecule has 6 heteroatoms. The summed E-state index contributed by atoms with van der Waals surface area (Å²) in [5.74, 6) is -1.69. The number of rotatable bonds is 6. The SMILES string of the molecule is CC(NC(=O)CNC(C)(C)C(=O)O)c1ccc(F)cc1. The highest BCUT2D eigenvalue weighted by Gasteiger charge is 2.27. The van der Waals surface area contributed by atoms with Crippen LogP contribution in [0.25, 0.3) is 0 Å². The van der Waals surface area contributed by atoms with Gasteiger partial charge in [-0.1, -0.05) is 12.1 Å². The maximum absolute atomic E-state index is 12.8. The average molecular weight is 282 g/mol. The lowest BCUT2D eigenvalue weighted by molar-refractivity contribution is -0.143. The Morgan fingerprint density at radius 1 is 1.30 bits per heavy atom. The Hall–Kier alpha value is -1.95. The Kier molecular flexibility index (Phi) is 5.21. The van der Waals surface area contributed by atoms with Crippen molar-refractivity contribution < 1.29 is 19.1 Å². The monoisotopic (exact) mass is 282 g/mol. The van der Waals surface area contributed by atoms with Gasteiger partial charge in [-0.05, 0) is 38.5 Å². The first-order chi connectivity index (χ1) is 9.22. The van der Waals surface area contributed by atoms with E-state index in [1.807, 2.05) is 0 Å². The lowest BCUT2D eigenvalue weighted by Crippen LogP contribution is -2.50. The first-order valence-electron chi connectivity index (χ1n) is 6.25. The summed E-state index contributed by atoms with van der Waals surface area (Å²) < 4.78 is 12.8. The van der Waals surface area contributed by atoms with Crippen LogP contribution in [0.1, 0.15) is 32.4 Å². The average Bonchev–Trinajstić information content (AvgIpc) is 2.37. The van der Waals surface area contributed by atoms with E-state index in [9.17, 15) is 14.0 Å². The molecule has 0 aliphatic carbocycles. The van der Waals surface area contributed by atoms with Crippen molar-refractivity contribution in [2.24, 2.45) is 0 Å². The molecule has 0 fully saturated rings. The van der Waals surface area contributed by atoms with Crippen LogP contribution < -0.4 is 10.6 Å². The molecule has 0 radical (unpaired) electrons. The number of carbonyl (C=O) groups excluding carboxylic acids is 1. The zero-order chi connectivity index (χ0) is 15.3. The fourth-order valence-electron chi connectivity index (χ4n) is 1.50. The number of carboxylic acids is 1. The first-order valence-corrected chi connectivity index (χ1v) is 6.25. The molecule has 110 valence electrons. The highest BCUT2D eigenvalue weighted by molar-refractivity contribution is 5.81. The third kappa shape index (κ3) is 4.62. The fraction of sp³-hybridized carbons (Fsp3) is 0.429. The summed E-state index contributed by atoms with van der Waals surface area (Å²) in [6.07, 6.45) is 0. The molecule has 0 spiro atoms. The quantitative estimate of drug-likeness (QED) is 0.738. The van der Waals surface area contributed by atoms with Crippen LogP contribution in [0.5, 0.6) is 0 Å². The molecule has 1 aromatic carbocycles. The van der Waals surface area contributed by atoms with Crippen LogP contribution in [-0.2, 0) is 9.59 Å². The molecule has 1 unspecified atom stereocenters. The summed E-state index contributed by atoms with van der Waals surface area (Å²) in [5, 5.41) is 14.3. The number of carbonyl (C=O) groups is 2. The van der Waals surface area contributed by atoms with Crippen LogP contribution >= 0.6 is 0 Å². The van der Waals surface area contributed by atoms with E-state index in [0.29, 0.717) is 0 Å². The van der Waals surface area contributed by atoms with Crippen molar-refractivity contribution in [2.45, 2.75) is 32.4 Å². The molecule has 0 aromatic heterocycles. The van der Waals surface area contributed by atoms with Gasteiger partial charge in [0.1, 0.15) is 11.4 Å². The van der Waals surface area contributed by atoms with Gasteiger partial charge in [0, 0.05) is 0 Å². The molecule has 0 saturated carbocycles. The second kappa shape index (κ2) is 6.47. The molecular weight excluding hydrogens is 263 g/mol. The third-order valence-corrected chi connectivity index (χ3v) is 2.97. The molecule has 0 aliphatic rings. The second-order valence-corrected chi connectivity index (χ2v) is 5.12. The van der Waals surface area contributed by atoms with Crippen LogP contribution in [0.3, 0.4) is 0 Å². The summed E-state index contributed by atoms with van der Waals surface area (Å²) in [5.41, 5.74) is -0.395. The van der Waals surface area contributed by atoms with Gasteiger partial charge in [-0.25, -0.2) is 4.39 Å². The number of nitrogens with one attached hydrogen (secondary N) is 2. The van der Waals surface area contributed by atoms with E-state index in [1.54, 1.807) is 19.1 Å². The molecule has 0 saturated heterocycles. The van der Waals surface area contributed by atoms with Crippen molar-refractivity contribution in [3.8, 4) is 0 Å². The van der Waals surface area contributed by atoms with E-state index in [0.717, 1.165) is 5.56 Å². The van der Waals surface area contributed by atoms with Crippen LogP contribution in [0.2, 0.25) is 0 Å². The predicted molar refractivity (Wildman–Crippen MR) is 72.7 cm³/mol. The molecule has 0 heterocycles. The minimum absolute atomic E-state index is 0.106. The van der Waals surface area contributed by atoms with Gasteiger partial charge in [0.25, 0.3) is 0 Å². The number of hydrogen-bond acceptors (Lipinski definition) is 3. The minimum atomic E-state index is -1.17. The van der Waals surface area contributed by atoms with Crippen LogP contribution in [0.15, 0.2) is 24.3 Å². The molecule has 5 nitrogen and oxygen atoms in total. The van der Waals surface area contributed by atoms with Gasteiger partial charge in [-0.15, -0.1) is 0 Å². The van der Waals surface area contributed by atoms with Crippen molar-refractivity contribution >= 4 is 11.9 Å². The smallest absolute Gasteiger partial charge is 0.323 e.